The number of anilines is 1. The van der Waals surface area contributed by atoms with E-state index in [0.29, 0.717) is 11.5 Å². The standard InChI is InChI=1S/C22H26IN3O3S/c1-15-5-4-6-17(11-15)24-20(27)14-29-21-18(23)12-16(13-19(21)28-3)22(30)26-9-7-25(2)8-10-26/h4-6,11-13H,7-10,14H2,1-3H3,(H,24,27). The average molecular weight is 539 g/mol. The van der Waals surface area contributed by atoms with E-state index in [-0.39, 0.29) is 12.5 Å². The average Bonchev–Trinajstić information content (AvgIpc) is 2.72. The van der Waals surface area contributed by atoms with Crippen molar-refractivity contribution in [2.45, 2.75) is 6.92 Å². The van der Waals surface area contributed by atoms with Crippen LogP contribution in [0.1, 0.15) is 11.1 Å². The van der Waals surface area contributed by atoms with Crippen molar-refractivity contribution in [1.82, 2.24) is 9.80 Å². The quantitative estimate of drug-likeness (QED) is 0.448. The Morgan fingerprint density at radius 3 is 2.60 bits per heavy atom. The van der Waals surface area contributed by atoms with Gasteiger partial charge < -0.3 is 24.6 Å². The Morgan fingerprint density at radius 1 is 1.20 bits per heavy atom. The minimum atomic E-state index is -0.226. The number of ether oxygens (including phenoxy) is 2. The number of carbonyl (C=O) groups excluding carboxylic acids is 1. The number of nitrogens with one attached hydrogen (secondary N) is 1. The first kappa shape index (κ1) is 22.8. The minimum absolute atomic E-state index is 0.109. The highest BCUT2D eigenvalue weighted by Crippen LogP contribution is 2.34. The molecule has 0 radical (unpaired) electrons. The lowest BCUT2D eigenvalue weighted by molar-refractivity contribution is -0.118. The van der Waals surface area contributed by atoms with Crippen LogP contribution in [0.25, 0.3) is 0 Å². The fourth-order valence-electron chi connectivity index (χ4n) is 3.23. The molecule has 3 rings (SSSR count). The minimum Gasteiger partial charge on any atom is -0.493 e. The van der Waals surface area contributed by atoms with Gasteiger partial charge in [-0.05, 0) is 66.4 Å². The molecular formula is C22H26IN3O3S. The summed E-state index contributed by atoms with van der Waals surface area (Å²) in [6.07, 6.45) is 0. The van der Waals surface area contributed by atoms with E-state index < -0.39 is 0 Å². The lowest BCUT2D eigenvalue weighted by atomic mass is 10.1. The molecule has 0 atom stereocenters. The van der Waals surface area contributed by atoms with Crippen LogP contribution in [0.5, 0.6) is 11.5 Å². The molecule has 2 aromatic rings. The van der Waals surface area contributed by atoms with Gasteiger partial charge in [-0.25, -0.2) is 0 Å². The summed E-state index contributed by atoms with van der Waals surface area (Å²) < 4.78 is 12.2. The van der Waals surface area contributed by atoms with E-state index in [1.807, 2.05) is 43.3 Å². The van der Waals surface area contributed by atoms with Crippen molar-refractivity contribution < 1.29 is 14.3 Å². The van der Waals surface area contributed by atoms with Gasteiger partial charge in [0.2, 0.25) is 0 Å². The van der Waals surface area contributed by atoms with Crippen LogP contribution in [0.2, 0.25) is 0 Å². The summed E-state index contributed by atoms with van der Waals surface area (Å²) in [7, 11) is 3.71. The smallest absolute Gasteiger partial charge is 0.262 e. The van der Waals surface area contributed by atoms with Crippen LogP contribution in [-0.4, -0.2) is 67.6 Å². The lowest BCUT2D eigenvalue weighted by Crippen LogP contribution is -2.46. The number of rotatable bonds is 6. The number of thiocarbonyl (C=S) groups is 1. The van der Waals surface area contributed by atoms with E-state index in [9.17, 15) is 4.79 Å². The molecule has 1 N–H and O–H groups in total. The van der Waals surface area contributed by atoms with Gasteiger partial charge in [-0.2, -0.15) is 0 Å². The zero-order chi connectivity index (χ0) is 21.7. The van der Waals surface area contributed by atoms with Gasteiger partial charge in [-0.3, -0.25) is 4.79 Å². The number of piperazine rings is 1. The number of hydrogen-bond donors (Lipinski definition) is 1. The van der Waals surface area contributed by atoms with Crippen molar-refractivity contribution in [1.29, 1.82) is 0 Å². The number of methoxy groups -OCH3 is 1. The van der Waals surface area contributed by atoms with Crippen LogP contribution in [0, 0.1) is 10.5 Å². The Balaban J connectivity index is 1.68. The molecule has 6 nitrogen and oxygen atoms in total. The molecule has 8 heteroatoms. The van der Waals surface area contributed by atoms with Gasteiger partial charge in [-0.15, -0.1) is 0 Å². The van der Waals surface area contributed by atoms with E-state index >= 15 is 0 Å². The molecule has 0 aliphatic carbocycles. The number of carbonyl (C=O) groups is 1. The van der Waals surface area contributed by atoms with E-state index in [2.05, 4.69) is 44.8 Å². The molecule has 0 spiro atoms. The molecule has 0 unspecified atom stereocenters. The van der Waals surface area contributed by atoms with Gasteiger partial charge in [0.25, 0.3) is 5.91 Å². The number of amides is 1. The molecular weight excluding hydrogens is 513 g/mol. The Bertz CT molecular complexity index is 930. The van der Waals surface area contributed by atoms with Crippen LogP contribution in [-0.2, 0) is 4.79 Å². The number of hydrogen-bond acceptors (Lipinski definition) is 5. The predicted molar refractivity (Wildman–Crippen MR) is 132 cm³/mol. The molecule has 30 heavy (non-hydrogen) atoms. The number of likely N-dealkylation sites (N-methyl/N-ethyl adjacent to an activating group) is 1. The van der Waals surface area contributed by atoms with Crippen molar-refractivity contribution in [3.8, 4) is 11.5 Å². The molecule has 1 heterocycles. The molecule has 160 valence electrons. The Kier molecular flexibility index (Phi) is 7.90. The summed E-state index contributed by atoms with van der Waals surface area (Å²) in [5.41, 5.74) is 2.75. The summed E-state index contributed by atoms with van der Waals surface area (Å²) in [6, 6.07) is 11.5. The molecule has 2 aromatic carbocycles. The second kappa shape index (κ2) is 10.4. The number of benzene rings is 2. The van der Waals surface area contributed by atoms with Gasteiger partial charge >= 0.3 is 0 Å². The van der Waals surface area contributed by atoms with Crippen LogP contribution in [0.3, 0.4) is 0 Å². The first-order valence-electron chi connectivity index (χ1n) is 9.72. The Hall–Kier alpha value is -1.91. The van der Waals surface area contributed by atoms with E-state index in [1.165, 1.54) is 0 Å². The highest BCUT2D eigenvalue weighted by atomic mass is 127. The number of halogens is 1. The highest BCUT2D eigenvalue weighted by molar-refractivity contribution is 14.1. The van der Waals surface area contributed by atoms with Crippen molar-refractivity contribution in [2.75, 3.05) is 52.3 Å². The fraction of sp³-hybridized carbons (Fsp3) is 0.364. The van der Waals surface area contributed by atoms with Crippen molar-refractivity contribution in [2.24, 2.45) is 0 Å². The summed E-state index contributed by atoms with van der Waals surface area (Å²) in [5, 5.41) is 2.85. The van der Waals surface area contributed by atoms with Gasteiger partial charge in [0.05, 0.1) is 10.7 Å². The third-order valence-electron chi connectivity index (χ3n) is 4.92. The normalized spacial score (nSPS) is 14.3. The monoisotopic (exact) mass is 539 g/mol. The van der Waals surface area contributed by atoms with Gasteiger partial charge in [-0.1, -0.05) is 24.4 Å². The Labute approximate surface area is 196 Å². The molecule has 1 aliphatic rings. The predicted octanol–water partition coefficient (Wildman–Crippen LogP) is 3.55. The van der Waals surface area contributed by atoms with E-state index in [0.717, 1.165) is 51.6 Å². The maximum atomic E-state index is 12.3. The largest absolute Gasteiger partial charge is 0.493 e. The SMILES string of the molecule is COc1cc(C(=S)N2CCN(C)CC2)cc(I)c1OCC(=O)Nc1cccc(C)c1. The summed E-state index contributed by atoms with van der Waals surface area (Å²) in [4.78, 5) is 17.6. The van der Waals surface area contributed by atoms with Gasteiger partial charge in [0.15, 0.2) is 18.1 Å². The summed E-state index contributed by atoms with van der Waals surface area (Å²) in [6.45, 7) is 5.67. The third-order valence-corrected chi connectivity index (χ3v) is 6.21. The van der Waals surface area contributed by atoms with Crippen LogP contribution < -0.4 is 14.8 Å². The van der Waals surface area contributed by atoms with Crippen LogP contribution in [0.4, 0.5) is 5.69 Å². The fourth-order valence-corrected chi connectivity index (χ4v) is 4.29. The topological polar surface area (TPSA) is 54.0 Å². The molecule has 1 amide bonds. The zero-order valence-corrected chi connectivity index (χ0v) is 20.4. The molecule has 0 aromatic heterocycles. The molecule has 0 bridgehead atoms. The van der Waals surface area contributed by atoms with Gasteiger partial charge in [0.1, 0.15) is 4.99 Å². The zero-order valence-electron chi connectivity index (χ0n) is 17.4. The van der Waals surface area contributed by atoms with E-state index in [4.69, 9.17) is 21.7 Å². The summed E-state index contributed by atoms with van der Waals surface area (Å²) >= 11 is 7.92. The highest BCUT2D eigenvalue weighted by Gasteiger charge is 2.21. The molecule has 1 saturated heterocycles. The molecule has 1 fully saturated rings. The second-order valence-corrected chi connectivity index (χ2v) is 8.84. The van der Waals surface area contributed by atoms with Crippen molar-refractivity contribution in [3.63, 3.8) is 0 Å². The van der Waals surface area contributed by atoms with Crippen molar-refractivity contribution in [3.05, 3.63) is 51.1 Å². The van der Waals surface area contributed by atoms with Crippen LogP contribution >= 0.6 is 34.8 Å². The number of aryl methyl sites for hydroxylation is 1. The second-order valence-electron chi connectivity index (χ2n) is 7.29. The van der Waals surface area contributed by atoms with Gasteiger partial charge in [0, 0.05) is 37.4 Å². The number of nitrogens with zero attached hydrogens (tertiary/aromatic N) is 2. The molecule has 0 saturated carbocycles. The first-order chi connectivity index (χ1) is 14.4. The maximum absolute atomic E-state index is 12.3. The summed E-state index contributed by atoms with van der Waals surface area (Å²) in [5.74, 6) is 0.884. The lowest BCUT2D eigenvalue weighted by Gasteiger charge is -2.34. The maximum Gasteiger partial charge on any atom is 0.262 e. The van der Waals surface area contributed by atoms with E-state index in [1.54, 1.807) is 7.11 Å². The first-order valence-corrected chi connectivity index (χ1v) is 11.2. The molecule has 1 aliphatic heterocycles. The van der Waals surface area contributed by atoms with Crippen molar-refractivity contribution >= 4 is 51.4 Å². The Morgan fingerprint density at radius 2 is 1.93 bits per heavy atom. The third kappa shape index (κ3) is 5.83. The van der Waals surface area contributed by atoms with Crippen LogP contribution in [0.15, 0.2) is 36.4 Å².